The predicted molar refractivity (Wildman–Crippen MR) is 133 cm³/mol. The van der Waals surface area contributed by atoms with Crippen molar-refractivity contribution in [3.63, 3.8) is 0 Å². The summed E-state index contributed by atoms with van der Waals surface area (Å²) in [7, 11) is 1.44. The number of methoxy groups -OCH3 is 1. The molecular weight excluding hydrogens is 486 g/mol. The van der Waals surface area contributed by atoms with Crippen LogP contribution in [0.15, 0.2) is 66.2 Å². The van der Waals surface area contributed by atoms with Crippen molar-refractivity contribution in [2.45, 2.75) is 13.0 Å². The molecule has 0 saturated carbocycles. The molecule has 1 saturated heterocycles. The fourth-order valence-corrected chi connectivity index (χ4v) is 4.57. The first-order valence-electron chi connectivity index (χ1n) is 11.2. The number of carbonyl (C=O) groups is 2. The molecule has 1 atom stereocenters. The molecule has 2 aliphatic rings. The zero-order valence-corrected chi connectivity index (χ0v) is 20.2. The molecule has 3 aromatic carbocycles. The van der Waals surface area contributed by atoms with Gasteiger partial charge in [-0.25, -0.2) is 0 Å². The molecule has 0 radical (unpaired) electrons. The van der Waals surface area contributed by atoms with Crippen LogP contribution in [0.1, 0.15) is 24.1 Å². The van der Waals surface area contributed by atoms with Crippen LogP contribution in [0.25, 0.3) is 5.76 Å². The molecule has 0 aliphatic carbocycles. The van der Waals surface area contributed by atoms with E-state index in [1.807, 2.05) is 6.92 Å². The second-order valence-corrected chi connectivity index (χ2v) is 8.49. The summed E-state index contributed by atoms with van der Waals surface area (Å²) in [5.41, 5.74) is 1.07. The van der Waals surface area contributed by atoms with Crippen molar-refractivity contribution in [2.75, 3.05) is 25.4 Å². The molecule has 1 amide bonds. The minimum Gasteiger partial charge on any atom is -0.507 e. The molecule has 0 aromatic heterocycles. The molecule has 1 N–H and O–H groups in total. The average Bonchev–Trinajstić information content (AvgIpc) is 3.46. The van der Waals surface area contributed by atoms with Crippen LogP contribution in [0.5, 0.6) is 23.0 Å². The highest BCUT2D eigenvalue weighted by Crippen LogP contribution is 2.46. The fourth-order valence-electron chi connectivity index (χ4n) is 4.40. The number of benzene rings is 3. The molecule has 1 fully saturated rings. The molecule has 3 aromatic rings. The number of amides is 1. The molecule has 1 unspecified atom stereocenters. The lowest BCUT2D eigenvalue weighted by molar-refractivity contribution is -0.132. The minimum absolute atomic E-state index is 0.0615. The van der Waals surface area contributed by atoms with E-state index in [4.69, 9.17) is 30.5 Å². The lowest BCUT2D eigenvalue weighted by Crippen LogP contribution is -2.29. The third-order valence-electron chi connectivity index (χ3n) is 5.98. The predicted octanol–water partition coefficient (Wildman–Crippen LogP) is 5.10. The molecule has 2 heterocycles. The lowest BCUT2D eigenvalue weighted by Gasteiger charge is -2.26. The standard InChI is InChI=1S/C27H22ClNO7/c1-3-34-18-6-4-5-15(11-18)24-23(25(30)19-12-16(28)7-9-20(19)33-2)26(31)27(32)29(24)17-8-10-21-22(13-17)36-14-35-21/h4-13,24,30H,3,14H2,1-2H3/b25-23+. The van der Waals surface area contributed by atoms with Crippen LogP contribution < -0.4 is 23.8 Å². The number of aliphatic hydroxyl groups is 1. The van der Waals surface area contributed by atoms with E-state index in [-0.39, 0.29) is 17.9 Å². The van der Waals surface area contributed by atoms with E-state index in [1.165, 1.54) is 18.1 Å². The zero-order chi connectivity index (χ0) is 25.4. The van der Waals surface area contributed by atoms with Crippen molar-refractivity contribution in [1.82, 2.24) is 0 Å². The summed E-state index contributed by atoms with van der Waals surface area (Å²) >= 11 is 6.18. The summed E-state index contributed by atoms with van der Waals surface area (Å²) in [6.07, 6.45) is 0. The van der Waals surface area contributed by atoms with Gasteiger partial charge in [0.2, 0.25) is 6.79 Å². The monoisotopic (exact) mass is 507 g/mol. The Morgan fingerprint density at radius 3 is 2.67 bits per heavy atom. The summed E-state index contributed by atoms with van der Waals surface area (Å²) in [4.78, 5) is 28.2. The average molecular weight is 508 g/mol. The van der Waals surface area contributed by atoms with Gasteiger partial charge in [-0.15, -0.1) is 0 Å². The Morgan fingerprint density at radius 1 is 1.08 bits per heavy atom. The Hall–Kier alpha value is -4.17. The van der Waals surface area contributed by atoms with Crippen molar-refractivity contribution in [3.05, 3.63) is 82.4 Å². The van der Waals surface area contributed by atoms with E-state index in [9.17, 15) is 14.7 Å². The van der Waals surface area contributed by atoms with Crippen LogP contribution in [0.4, 0.5) is 5.69 Å². The highest BCUT2D eigenvalue weighted by Gasteiger charge is 2.47. The van der Waals surface area contributed by atoms with Crippen molar-refractivity contribution in [1.29, 1.82) is 0 Å². The molecule has 184 valence electrons. The Kier molecular flexibility index (Phi) is 6.20. The molecule has 5 rings (SSSR count). The van der Waals surface area contributed by atoms with Gasteiger partial charge in [-0.2, -0.15) is 0 Å². The Morgan fingerprint density at radius 2 is 1.89 bits per heavy atom. The van der Waals surface area contributed by atoms with Crippen molar-refractivity contribution >= 4 is 34.7 Å². The molecule has 0 spiro atoms. The number of nitrogens with zero attached hydrogens (tertiary/aromatic N) is 1. The third-order valence-corrected chi connectivity index (χ3v) is 6.22. The molecule has 0 bridgehead atoms. The number of ether oxygens (including phenoxy) is 4. The number of aliphatic hydroxyl groups excluding tert-OH is 1. The number of carbonyl (C=O) groups excluding carboxylic acids is 2. The van der Waals surface area contributed by atoms with Gasteiger partial charge in [0, 0.05) is 16.8 Å². The van der Waals surface area contributed by atoms with E-state index < -0.39 is 23.5 Å². The van der Waals surface area contributed by atoms with E-state index >= 15 is 0 Å². The van der Waals surface area contributed by atoms with Gasteiger partial charge in [0.25, 0.3) is 11.7 Å². The van der Waals surface area contributed by atoms with Crippen LogP contribution in [0.2, 0.25) is 5.02 Å². The first-order chi connectivity index (χ1) is 17.4. The number of fused-ring (bicyclic) bond motifs is 1. The minimum atomic E-state index is -0.963. The van der Waals surface area contributed by atoms with Gasteiger partial charge in [-0.05, 0) is 55.0 Å². The van der Waals surface area contributed by atoms with Gasteiger partial charge < -0.3 is 24.1 Å². The highest BCUT2D eigenvalue weighted by atomic mass is 35.5. The number of halogens is 1. The highest BCUT2D eigenvalue weighted by molar-refractivity contribution is 6.51. The van der Waals surface area contributed by atoms with Gasteiger partial charge >= 0.3 is 0 Å². The number of anilines is 1. The Balaban J connectivity index is 1.74. The number of hydrogen-bond acceptors (Lipinski definition) is 7. The van der Waals surface area contributed by atoms with Gasteiger partial charge in [0.1, 0.15) is 17.3 Å². The first-order valence-corrected chi connectivity index (χ1v) is 11.6. The van der Waals surface area contributed by atoms with Crippen LogP contribution in [-0.2, 0) is 9.59 Å². The van der Waals surface area contributed by atoms with Crippen molar-refractivity contribution < 1.29 is 33.6 Å². The lowest BCUT2D eigenvalue weighted by atomic mass is 9.94. The number of ketones is 1. The Labute approximate surface area is 212 Å². The first kappa shape index (κ1) is 23.6. The summed E-state index contributed by atoms with van der Waals surface area (Å²) in [5, 5.41) is 11.8. The molecule has 36 heavy (non-hydrogen) atoms. The summed E-state index contributed by atoms with van der Waals surface area (Å²) in [6.45, 7) is 2.36. The molecular formula is C27H22ClNO7. The van der Waals surface area contributed by atoms with Crippen molar-refractivity contribution in [3.8, 4) is 23.0 Å². The summed E-state index contributed by atoms with van der Waals surface area (Å²) in [5.74, 6) is -0.203. The SMILES string of the molecule is CCOc1cccc(C2/C(=C(\O)c3cc(Cl)ccc3OC)C(=O)C(=O)N2c2ccc3c(c2)OCO3)c1. The van der Waals surface area contributed by atoms with Crippen LogP contribution in [0.3, 0.4) is 0 Å². The fraction of sp³-hybridized carbons (Fsp3) is 0.185. The third kappa shape index (κ3) is 3.99. The quantitative estimate of drug-likeness (QED) is 0.282. The number of Topliss-reactive ketones (excluding diaryl/α,β-unsaturated/α-hetero) is 1. The summed E-state index contributed by atoms with van der Waals surface area (Å²) in [6, 6.07) is 15.7. The zero-order valence-electron chi connectivity index (χ0n) is 19.5. The maximum atomic E-state index is 13.4. The van der Waals surface area contributed by atoms with E-state index in [1.54, 1.807) is 54.6 Å². The maximum Gasteiger partial charge on any atom is 0.300 e. The second-order valence-electron chi connectivity index (χ2n) is 8.06. The van der Waals surface area contributed by atoms with Gasteiger partial charge in [0.05, 0.1) is 30.9 Å². The van der Waals surface area contributed by atoms with Crippen LogP contribution in [0, 0.1) is 0 Å². The van der Waals surface area contributed by atoms with E-state index in [2.05, 4.69) is 0 Å². The van der Waals surface area contributed by atoms with Gasteiger partial charge in [-0.3, -0.25) is 14.5 Å². The van der Waals surface area contributed by atoms with E-state index in [0.717, 1.165) is 0 Å². The Bertz CT molecular complexity index is 1400. The molecule has 9 heteroatoms. The van der Waals surface area contributed by atoms with Crippen LogP contribution in [-0.4, -0.2) is 37.3 Å². The van der Waals surface area contributed by atoms with Crippen molar-refractivity contribution in [2.24, 2.45) is 0 Å². The topological polar surface area (TPSA) is 94.5 Å². The van der Waals surface area contributed by atoms with Gasteiger partial charge in [0.15, 0.2) is 11.5 Å². The molecule has 2 aliphatic heterocycles. The van der Waals surface area contributed by atoms with Crippen LogP contribution >= 0.6 is 11.6 Å². The second kappa shape index (κ2) is 9.47. The maximum absolute atomic E-state index is 13.4. The number of rotatable bonds is 6. The van der Waals surface area contributed by atoms with E-state index in [0.29, 0.717) is 45.9 Å². The largest absolute Gasteiger partial charge is 0.507 e. The molecule has 8 nitrogen and oxygen atoms in total. The number of hydrogen-bond donors (Lipinski definition) is 1. The van der Waals surface area contributed by atoms with Gasteiger partial charge in [-0.1, -0.05) is 23.7 Å². The summed E-state index contributed by atoms with van der Waals surface area (Å²) < 4.78 is 21.9. The normalized spacial score (nSPS) is 18.0. The smallest absolute Gasteiger partial charge is 0.300 e.